The third kappa shape index (κ3) is 2.17. The number of rotatable bonds is 2. The molecule has 0 bridgehead atoms. The molecule has 0 aromatic carbocycles. The minimum Gasteiger partial charge on any atom is -0.275 e. The van der Waals surface area contributed by atoms with Crippen molar-refractivity contribution < 1.29 is 18.0 Å². The molecule has 14 heavy (non-hydrogen) atoms. The van der Waals surface area contributed by atoms with Crippen LogP contribution >= 0.6 is 34.2 Å². The van der Waals surface area contributed by atoms with Crippen LogP contribution in [0.2, 0.25) is 0 Å². The minimum absolute atomic E-state index is 0.385. The summed E-state index contributed by atoms with van der Waals surface area (Å²) in [6, 6.07) is 0. The summed E-state index contributed by atoms with van der Waals surface area (Å²) in [5, 5.41) is -1.06. The third-order valence-corrected chi connectivity index (χ3v) is 2.64. The van der Waals surface area contributed by atoms with E-state index < -0.39 is 28.7 Å². The first-order valence-corrected chi connectivity index (χ1v) is 4.72. The second-order valence-corrected chi connectivity index (χ2v) is 3.68. The molecule has 0 aliphatic carbocycles. The Kier molecular flexibility index (Phi) is 3.71. The van der Waals surface area contributed by atoms with Gasteiger partial charge in [-0.15, -0.1) is 0 Å². The molecule has 7 heteroatoms. The fraction of sp³-hybridized carbons (Fsp3) is 0.143. The largest absolute Gasteiger partial charge is 0.281 e. The number of carbonyl (C=O) groups is 1. The van der Waals surface area contributed by atoms with Crippen molar-refractivity contribution in [1.29, 1.82) is 0 Å². The number of hydrogen-bond acceptors (Lipinski definition) is 2. The quantitative estimate of drug-likeness (QED) is 0.614. The molecule has 1 aromatic heterocycles. The van der Waals surface area contributed by atoms with E-state index >= 15 is 0 Å². The SMILES string of the molecule is O=C(Cl)c1cnc(C(F)F)c(I)c1F. The van der Waals surface area contributed by atoms with E-state index in [2.05, 4.69) is 4.98 Å². The Balaban J connectivity index is 3.33. The van der Waals surface area contributed by atoms with Crippen LogP contribution in [-0.4, -0.2) is 10.2 Å². The zero-order valence-electron chi connectivity index (χ0n) is 6.40. The zero-order chi connectivity index (χ0) is 10.9. The zero-order valence-corrected chi connectivity index (χ0v) is 9.31. The average Bonchev–Trinajstić information content (AvgIpc) is 2.08. The van der Waals surface area contributed by atoms with Crippen LogP contribution in [0, 0.1) is 9.39 Å². The molecule has 1 heterocycles. The van der Waals surface area contributed by atoms with Crippen molar-refractivity contribution in [2.24, 2.45) is 0 Å². The second kappa shape index (κ2) is 4.43. The Morgan fingerprint density at radius 1 is 1.57 bits per heavy atom. The van der Waals surface area contributed by atoms with Gasteiger partial charge in [0.1, 0.15) is 5.69 Å². The van der Waals surface area contributed by atoms with Gasteiger partial charge in [0.05, 0.1) is 9.13 Å². The lowest BCUT2D eigenvalue weighted by Gasteiger charge is -2.04. The molecular formula is C7H2ClF3INO. The Labute approximate surface area is 95.6 Å². The molecule has 1 rings (SSSR count). The van der Waals surface area contributed by atoms with E-state index in [9.17, 15) is 18.0 Å². The van der Waals surface area contributed by atoms with Crippen LogP contribution in [0.15, 0.2) is 6.20 Å². The summed E-state index contributed by atoms with van der Waals surface area (Å²) in [6.45, 7) is 0. The molecule has 0 saturated carbocycles. The Morgan fingerprint density at radius 3 is 2.57 bits per heavy atom. The van der Waals surface area contributed by atoms with Gasteiger partial charge >= 0.3 is 0 Å². The minimum atomic E-state index is -2.88. The fourth-order valence-electron chi connectivity index (χ4n) is 0.767. The van der Waals surface area contributed by atoms with E-state index in [1.165, 1.54) is 22.6 Å². The Bertz CT molecular complexity index is 385. The Morgan fingerprint density at radius 2 is 2.14 bits per heavy atom. The molecule has 0 saturated heterocycles. The first-order valence-electron chi connectivity index (χ1n) is 3.27. The van der Waals surface area contributed by atoms with E-state index in [0.29, 0.717) is 6.20 Å². The summed E-state index contributed by atoms with van der Waals surface area (Å²) in [4.78, 5) is 13.9. The van der Waals surface area contributed by atoms with Gasteiger partial charge in [0.2, 0.25) is 0 Å². The lowest BCUT2D eigenvalue weighted by Crippen LogP contribution is -2.04. The highest BCUT2D eigenvalue weighted by atomic mass is 127. The van der Waals surface area contributed by atoms with Gasteiger partial charge in [0, 0.05) is 6.20 Å². The van der Waals surface area contributed by atoms with Crippen molar-refractivity contribution in [3.05, 3.63) is 26.8 Å². The van der Waals surface area contributed by atoms with Crippen LogP contribution in [0.1, 0.15) is 22.5 Å². The highest BCUT2D eigenvalue weighted by molar-refractivity contribution is 14.1. The summed E-state index contributed by atoms with van der Waals surface area (Å²) in [5.74, 6) is -1.06. The van der Waals surface area contributed by atoms with E-state index in [1.807, 2.05) is 0 Å². The highest BCUT2D eigenvalue weighted by Gasteiger charge is 2.21. The molecule has 0 spiro atoms. The average molecular weight is 335 g/mol. The van der Waals surface area contributed by atoms with E-state index in [-0.39, 0.29) is 3.57 Å². The lowest BCUT2D eigenvalue weighted by atomic mass is 10.2. The number of pyridine rings is 1. The standard InChI is InChI=1S/C7H2ClF3INO/c8-6(14)2-1-13-5(7(10)11)4(12)3(2)9/h1,7H. The third-order valence-electron chi connectivity index (χ3n) is 1.41. The van der Waals surface area contributed by atoms with Crippen molar-refractivity contribution in [1.82, 2.24) is 4.98 Å². The first kappa shape index (κ1) is 11.7. The fourth-order valence-corrected chi connectivity index (χ4v) is 1.56. The van der Waals surface area contributed by atoms with E-state index in [4.69, 9.17) is 11.6 Å². The van der Waals surface area contributed by atoms with Crippen molar-refractivity contribution in [3.8, 4) is 0 Å². The molecule has 0 atom stereocenters. The number of carbonyl (C=O) groups excluding carboxylic acids is 1. The monoisotopic (exact) mass is 335 g/mol. The molecule has 76 valence electrons. The van der Waals surface area contributed by atoms with Gasteiger partial charge in [-0.25, -0.2) is 13.2 Å². The van der Waals surface area contributed by atoms with Crippen molar-refractivity contribution in [3.63, 3.8) is 0 Å². The van der Waals surface area contributed by atoms with Gasteiger partial charge in [0.25, 0.3) is 11.7 Å². The molecule has 0 fully saturated rings. The van der Waals surface area contributed by atoms with E-state index in [0.717, 1.165) is 0 Å². The molecule has 1 aromatic rings. The van der Waals surface area contributed by atoms with Gasteiger partial charge in [0.15, 0.2) is 5.82 Å². The van der Waals surface area contributed by atoms with Crippen molar-refractivity contribution in [2.45, 2.75) is 6.43 Å². The lowest BCUT2D eigenvalue weighted by molar-refractivity contribution is 0.107. The maximum atomic E-state index is 13.2. The van der Waals surface area contributed by atoms with Crippen molar-refractivity contribution >= 4 is 39.4 Å². The normalized spacial score (nSPS) is 10.7. The maximum absolute atomic E-state index is 13.2. The molecule has 0 unspecified atom stereocenters. The van der Waals surface area contributed by atoms with Crippen LogP contribution in [0.4, 0.5) is 13.2 Å². The highest BCUT2D eigenvalue weighted by Crippen LogP contribution is 2.26. The molecule has 0 aliphatic heterocycles. The van der Waals surface area contributed by atoms with Crippen LogP contribution in [-0.2, 0) is 0 Å². The molecular weight excluding hydrogens is 333 g/mol. The van der Waals surface area contributed by atoms with Gasteiger partial charge in [-0.1, -0.05) is 0 Å². The number of alkyl halides is 2. The van der Waals surface area contributed by atoms with E-state index in [1.54, 1.807) is 0 Å². The summed E-state index contributed by atoms with van der Waals surface area (Å²) in [7, 11) is 0. The summed E-state index contributed by atoms with van der Waals surface area (Å²) in [6.07, 6.45) is -2.18. The maximum Gasteiger partial charge on any atom is 0.281 e. The number of nitrogens with zero attached hydrogens (tertiary/aromatic N) is 1. The summed E-state index contributed by atoms with van der Waals surface area (Å²) < 4.78 is 37.2. The van der Waals surface area contributed by atoms with Crippen LogP contribution in [0.25, 0.3) is 0 Å². The van der Waals surface area contributed by atoms with Crippen molar-refractivity contribution in [2.75, 3.05) is 0 Å². The number of hydrogen-bond donors (Lipinski definition) is 0. The number of aromatic nitrogens is 1. The molecule has 0 radical (unpaired) electrons. The van der Waals surface area contributed by atoms with Gasteiger partial charge < -0.3 is 0 Å². The summed E-state index contributed by atoms with van der Waals surface area (Å²) >= 11 is 6.35. The molecule has 0 N–H and O–H groups in total. The van der Waals surface area contributed by atoms with Crippen LogP contribution in [0.5, 0.6) is 0 Å². The predicted molar refractivity (Wildman–Crippen MR) is 52.1 cm³/mol. The van der Waals surface area contributed by atoms with Gasteiger partial charge in [-0.05, 0) is 34.2 Å². The summed E-state index contributed by atoms with van der Waals surface area (Å²) in [5.41, 5.74) is -1.19. The predicted octanol–water partition coefficient (Wildman–Crippen LogP) is 3.14. The van der Waals surface area contributed by atoms with Crippen LogP contribution in [0.3, 0.4) is 0 Å². The molecule has 2 nitrogen and oxygen atoms in total. The van der Waals surface area contributed by atoms with Gasteiger partial charge in [-0.3, -0.25) is 9.78 Å². The second-order valence-electron chi connectivity index (χ2n) is 2.26. The first-order chi connectivity index (χ1) is 6.45. The van der Waals surface area contributed by atoms with Gasteiger partial charge in [-0.2, -0.15) is 0 Å². The molecule has 0 amide bonds. The topological polar surface area (TPSA) is 30.0 Å². The Hall–Kier alpha value is -0.370. The number of halogens is 5. The molecule has 0 aliphatic rings. The smallest absolute Gasteiger partial charge is 0.275 e. The van der Waals surface area contributed by atoms with Crippen LogP contribution < -0.4 is 0 Å².